The zero-order valence-electron chi connectivity index (χ0n) is 17.1. The monoisotopic (exact) mass is 406 g/mol. The van der Waals surface area contributed by atoms with Crippen LogP contribution in [0.3, 0.4) is 0 Å². The Balaban J connectivity index is 1.52. The molecule has 0 heterocycles. The molecule has 6 nitrogen and oxygen atoms in total. The lowest BCUT2D eigenvalue weighted by Gasteiger charge is -2.32. The Kier molecular flexibility index (Phi) is 7.08. The molecule has 0 spiro atoms. The standard InChI is InChI=1S/C24H26N2O4/c1-18(22(27)26-24(17-25)14-6-3-7-15-24)30-23(28)20-10-12-21(13-11-20)29-16-19-8-4-2-5-9-19/h2,4-5,8-13,18H,3,6-7,14-16H2,1H3,(H,26,27)/t18-/m1/s1. The minimum absolute atomic E-state index is 0.328. The van der Waals surface area contributed by atoms with Crippen LogP contribution in [0, 0.1) is 11.3 Å². The van der Waals surface area contributed by atoms with Crippen LogP contribution < -0.4 is 10.1 Å². The first-order valence-electron chi connectivity index (χ1n) is 10.2. The van der Waals surface area contributed by atoms with E-state index in [2.05, 4.69) is 11.4 Å². The third-order valence-corrected chi connectivity index (χ3v) is 5.27. The number of carbonyl (C=O) groups excluding carboxylic acids is 2. The maximum Gasteiger partial charge on any atom is 0.338 e. The number of hydrogen-bond donors (Lipinski definition) is 1. The minimum Gasteiger partial charge on any atom is -0.489 e. The summed E-state index contributed by atoms with van der Waals surface area (Å²) in [5.74, 6) is -0.411. The predicted molar refractivity (Wildman–Crippen MR) is 112 cm³/mol. The van der Waals surface area contributed by atoms with Gasteiger partial charge in [0.1, 0.15) is 17.9 Å². The Hall–Kier alpha value is -3.33. The first-order valence-corrected chi connectivity index (χ1v) is 10.2. The van der Waals surface area contributed by atoms with Crippen molar-refractivity contribution >= 4 is 11.9 Å². The first kappa shape index (κ1) is 21.4. The maximum absolute atomic E-state index is 12.5. The normalized spacial score (nSPS) is 16.0. The summed E-state index contributed by atoms with van der Waals surface area (Å²) < 4.78 is 11.0. The summed E-state index contributed by atoms with van der Waals surface area (Å²) in [6.07, 6.45) is 3.13. The zero-order chi connectivity index (χ0) is 21.4. The number of hydrogen-bond acceptors (Lipinski definition) is 5. The molecule has 1 atom stereocenters. The molecule has 2 aromatic carbocycles. The molecule has 1 saturated carbocycles. The molecule has 6 heteroatoms. The van der Waals surface area contributed by atoms with Crippen LogP contribution in [0.5, 0.6) is 5.75 Å². The van der Waals surface area contributed by atoms with Gasteiger partial charge in [-0.15, -0.1) is 0 Å². The maximum atomic E-state index is 12.5. The fourth-order valence-corrected chi connectivity index (χ4v) is 3.47. The SMILES string of the molecule is C[C@@H](OC(=O)c1ccc(OCc2ccccc2)cc1)C(=O)NC1(C#N)CCCCC1. The lowest BCUT2D eigenvalue weighted by Crippen LogP contribution is -2.52. The van der Waals surface area contributed by atoms with Gasteiger partial charge in [-0.05, 0) is 49.6 Å². The highest BCUT2D eigenvalue weighted by Gasteiger charge is 2.35. The van der Waals surface area contributed by atoms with Gasteiger partial charge >= 0.3 is 5.97 Å². The van der Waals surface area contributed by atoms with Crippen molar-refractivity contribution in [3.05, 3.63) is 65.7 Å². The van der Waals surface area contributed by atoms with Crippen molar-refractivity contribution in [3.8, 4) is 11.8 Å². The van der Waals surface area contributed by atoms with Crippen molar-refractivity contribution in [1.29, 1.82) is 5.26 Å². The van der Waals surface area contributed by atoms with E-state index in [-0.39, 0.29) is 0 Å². The minimum atomic E-state index is -0.987. The van der Waals surface area contributed by atoms with Crippen LogP contribution in [0.4, 0.5) is 0 Å². The van der Waals surface area contributed by atoms with Gasteiger partial charge in [0.25, 0.3) is 5.91 Å². The molecule has 0 radical (unpaired) electrons. The summed E-state index contributed by atoms with van der Waals surface area (Å²) in [4.78, 5) is 24.8. The largest absolute Gasteiger partial charge is 0.489 e. The van der Waals surface area contributed by atoms with Crippen LogP contribution in [-0.4, -0.2) is 23.5 Å². The van der Waals surface area contributed by atoms with Gasteiger partial charge in [-0.3, -0.25) is 4.79 Å². The molecule has 156 valence electrons. The van der Waals surface area contributed by atoms with Crippen LogP contribution in [0.1, 0.15) is 54.9 Å². The van der Waals surface area contributed by atoms with Crippen molar-refractivity contribution in [1.82, 2.24) is 5.32 Å². The highest BCUT2D eigenvalue weighted by Crippen LogP contribution is 2.27. The Morgan fingerprint density at radius 1 is 1.07 bits per heavy atom. The molecular formula is C24H26N2O4. The van der Waals surface area contributed by atoms with Crippen LogP contribution in [-0.2, 0) is 16.1 Å². The van der Waals surface area contributed by atoms with Crippen LogP contribution >= 0.6 is 0 Å². The van der Waals surface area contributed by atoms with E-state index in [9.17, 15) is 14.9 Å². The molecule has 0 aromatic heterocycles. The van der Waals surface area contributed by atoms with Crippen LogP contribution in [0.15, 0.2) is 54.6 Å². The molecular weight excluding hydrogens is 380 g/mol. The average Bonchev–Trinajstić information content (AvgIpc) is 2.79. The summed E-state index contributed by atoms with van der Waals surface area (Å²) in [6, 6.07) is 18.6. The fourth-order valence-electron chi connectivity index (χ4n) is 3.47. The number of nitrogens with one attached hydrogen (secondary N) is 1. The van der Waals surface area contributed by atoms with Gasteiger partial charge in [0.05, 0.1) is 11.6 Å². The highest BCUT2D eigenvalue weighted by molar-refractivity contribution is 5.92. The third-order valence-electron chi connectivity index (χ3n) is 5.27. The van der Waals surface area contributed by atoms with Gasteiger partial charge in [0.15, 0.2) is 6.10 Å². The van der Waals surface area contributed by atoms with Gasteiger partial charge in [0.2, 0.25) is 0 Å². The molecule has 1 aliphatic carbocycles. The fraction of sp³-hybridized carbons (Fsp3) is 0.375. The van der Waals surface area contributed by atoms with E-state index in [1.165, 1.54) is 6.92 Å². The van der Waals surface area contributed by atoms with E-state index in [1.54, 1.807) is 24.3 Å². The predicted octanol–water partition coefficient (Wildman–Crippen LogP) is 4.15. The lowest BCUT2D eigenvalue weighted by atomic mass is 9.83. The summed E-state index contributed by atoms with van der Waals surface area (Å²) in [6.45, 7) is 1.95. The second-order valence-electron chi connectivity index (χ2n) is 7.59. The second-order valence-corrected chi connectivity index (χ2v) is 7.59. The summed E-state index contributed by atoms with van der Waals surface area (Å²) >= 11 is 0. The zero-order valence-corrected chi connectivity index (χ0v) is 17.1. The number of esters is 1. The molecule has 3 rings (SSSR count). The molecule has 1 aliphatic rings. The van der Waals surface area contributed by atoms with Crippen molar-refractivity contribution in [3.63, 3.8) is 0 Å². The number of nitriles is 1. The van der Waals surface area contributed by atoms with Gasteiger partial charge in [-0.25, -0.2) is 4.79 Å². The first-order chi connectivity index (χ1) is 14.5. The molecule has 0 unspecified atom stereocenters. The van der Waals surface area contributed by atoms with E-state index in [0.29, 0.717) is 30.8 Å². The Morgan fingerprint density at radius 3 is 2.37 bits per heavy atom. The number of ether oxygens (including phenoxy) is 2. The molecule has 1 fully saturated rings. The molecule has 2 aromatic rings. The smallest absolute Gasteiger partial charge is 0.338 e. The number of rotatable bonds is 7. The molecule has 0 aliphatic heterocycles. The third kappa shape index (κ3) is 5.60. The van der Waals surface area contributed by atoms with E-state index in [1.807, 2.05) is 30.3 Å². The summed E-state index contributed by atoms with van der Waals surface area (Å²) in [7, 11) is 0. The second kappa shape index (κ2) is 9.93. The highest BCUT2D eigenvalue weighted by atomic mass is 16.5. The quantitative estimate of drug-likeness (QED) is 0.698. The molecule has 1 amide bonds. The summed E-state index contributed by atoms with van der Waals surface area (Å²) in [5.41, 5.74) is 0.525. The van der Waals surface area contributed by atoms with Crippen LogP contribution in [0.2, 0.25) is 0 Å². The molecule has 0 saturated heterocycles. The van der Waals surface area contributed by atoms with Crippen molar-refractivity contribution in [2.45, 2.75) is 57.3 Å². The number of nitrogens with zero attached hydrogens (tertiary/aromatic N) is 1. The summed E-state index contributed by atoms with van der Waals surface area (Å²) in [5, 5.41) is 12.3. The van der Waals surface area contributed by atoms with Gasteiger partial charge < -0.3 is 14.8 Å². The van der Waals surface area contributed by atoms with Gasteiger partial charge in [0, 0.05) is 0 Å². The van der Waals surface area contributed by atoms with E-state index >= 15 is 0 Å². The van der Waals surface area contributed by atoms with Gasteiger partial charge in [-0.2, -0.15) is 5.26 Å². The Bertz CT molecular complexity index is 897. The van der Waals surface area contributed by atoms with Crippen LogP contribution in [0.25, 0.3) is 0 Å². The number of carbonyl (C=O) groups is 2. The van der Waals surface area contributed by atoms with Crippen molar-refractivity contribution in [2.75, 3.05) is 0 Å². The van der Waals surface area contributed by atoms with E-state index in [0.717, 1.165) is 24.8 Å². The molecule has 1 N–H and O–H groups in total. The number of amides is 1. The Morgan fingerprint density at radius 2 is 1.73 bits per heavy atom. The lowest BCUT2D eigenvalue weighted by molar-refractivity contribution is -0.130. The molecule has 30 heavy (non-hydrogen) atoms. The van der Waals surface area contributed by atoms with Crippen molar-refractivity contribution in [2.24, 2.45) is 0 Å². The molecule has 0 bridgehead atoms. The van der Waals surface area contributed by atoms with Crippen molar-refractivity contribution < 1.29 is 19.1 Å². The van der Waals surface area contributed by atoms with Gasteiger partial charge in [-0.1, -0.05) is 49.6 Å². The Labute approximate surface area is 176 Å². The topological polar surface area (TPSA) is 88.4 Å². The average molecular weight is 406 g/mol. The van der Waals surface area contributed by atoms with E-state index < -0.39 is 23.5 Å². The number of benzene rings is 2. The van der Waals surface area contributed by atoms with E-state index in [4.69, 9.17) is 9.47 Å².